The lowest BCUT2D eigenvalue weighted by Crippen LogP contribution is -2.38. The van der Waals surface area contributed by atoms with Gasteiger partial charge in [-0.2, -0.15) is 0 Å². The van der Waals surface area contributed by atoms with Crippen LogP contribution in [0.25, 0.3) is 0 Å². The molecule has 2 heterocycles. The fourth-order valence-corrected chi connectivity index (χ4v) is 3.75. The molecule has 2 N–H and O–H groups in total. The lowest BCUT2D eigenvalue weighted by Gasteiger charge is -2.13. The van der Waals surface area contributed by atoms with Gasteiger partial charge in [-0.3, -0.25) is 0 Å². The van der Waals surface area contributed by atoms with Crippen molar-refractivity contribution in [3.05, 3.63) is 39.3 Å². The summed E-state index contributed by atoms with van der Waals surface area (Å²) >= 11 is 1.77. The first-order valence-electron chi connectivity index (χ1n) is 9.50. The summed E-state index contributed by atoms with van der Waals surface area (Å²) in [7, 11) is 0. The Labute approximate surface area is 165 Å². The maximum atomic E-state index is 5.88. The number of fused-ring (bicyclic) bond motifs is 1. The van der Waals surface area contributed by atoms with Gasteiger partial charge in [-0.15, -0.1) is 11.3 Å². The molecule has 7 heteroatoms. The first-order chi connectivity index (χ1) is 13.2. The van der Waals surface area contributed by atoms with E-state index >= 15 is 0 Å². The molecule has 0 unspecified atom stereocenters. The van der Waals surface area contributed by atoms with E-state index in [9.17, 15) is 0 Å². The molecule has 1 aromatic carbocycles. The standard InChI is InChI=1S/C20H28N4O2S/c1-4-21-20(22-10-9-18-24-14(2)15(3)27-18)23-13-16-7-5-8-17-19(16)26-12-6-11-25-17/h5,7-8H,4,6,9-13H2,1-3H3,(H2,21,22,23). The van der Waals surface area contributed by atoms with Crippen molar-refractivity contribution < 1.29 is 9.47 Å². The molecule has 0 bridgehead atoms. The van der Waals surface area contributed by atoms with E-state index in [2.05, 4.69) is 36.4 Å². The van der Waals surface area contributed by atoms with Crippen LogP contribution in [0.2, 0.25) is 0 Å². The second kappa shape index (κ2) is 9.60. The number of aromatic nitrogens is 1. The molecular formula is C20H28N4O2S. The first-order valence-corrected chi connectivity index (χ1v) is 10.3. The number of aliphatic imine (C=N–C) groups is 1. The number of hydrogen-bond donors (Lipinski definition) is 2. The summed E-state index contributed by atoms with van der Waals surface area (Å²) in [5.74, 6) is 2.44. The van der Waals surface area contributed by atoms with Crippen molar-refractivity contribution >= 4 is 17.3 Å². The van der Waals surface area contributed by atoms with E-state index in [-0.39, 0.29) is 0 Å². The van der Waals surface area contributed by atoms with E-state index in [1.807, 2.05) is 18.2 Å². The number of nitrogens with one attached hydrogen (secondary N) is 2. The number of aryl methyl sites for hydroxylation is 2. The van der Waals surface area contributed by atoms with Crippen LogP contribution in [-0.2, 0) is 13.0 Å². The van der Waals surface area contributed by atoms with E-state index in [1.165, 1.54) is 4.88 Å². The Kier molecular flexibility index (Phi) is 6.92. The number of nitrogens with zero attached hydrogens (tertiary/aromatic N) is 2. The minimum Gasteiger partial charge on any atom is -0.490 e. The molecule has 27 heavy (non-hydrogen) atoms. The highest BCUT2D eigenvalue weighted by atomic mass is 32.1. The van der Waals surface area contributed by atoms with Gasteiger partial charge in [0.2, 0.25) is 0 Å². The molecule has 146 valence electrons. The third-order valence-electron chi connectivity index (χ3n) is 4.31. The van der Waals surface area contributed by atoms with Gasteiger partial charge in [0.15, 0.2) is 17.5 Å². The molecule has 2 aromatic rings. The highest BCUT2D eigenvalue weighted by Crippen LogP contribution is 2.33. The summed E-state index contributed by atoms with van der Waals surface area (Å²) in [5.41, 5.74) is 2.17. The monoisotopic (exact) mass is 388 g/mol. The molecule has 0 saturated heterocycles. The van der Waals surface area contributed by atoms with Gasteiger partial charge in [-0.25, -0.2) is 9.98 Å². The number of guanidine groups is 1. The van der Waals surface area contributed by atoms with E-state index in [1.54, 1.807) is 11.3 Å². The number of ether oxygens (including phenoxy) is 2. The SMILES string of the molecule is CCNC(=NCc1cccc2c1OCCCO2)NCCc1nc(C)c(C)s1. The zero-order chi connectivity index (χ0) is 19.1. The molecule has 1 aliphatic rings. The predicted octanol–water partition coefficient (Wildman–Crippen LogP) is 3.22. The van der Waals surface area contributed by atoms with Crippen molar-refractivity contribution in [2.45, 2.75) is 40.2 Å². The van der Waals surface area contributed by atoms with Gasteiger partial charge in [-0.05, 0) is 26.8 Å². The molecule has 0 radical (unpaired) electrons. The van der Waals surface area contributed by atoms with Crippen LogP contribution in [0.3, 0.4) is 0 Å². The van der Waals surface area contributed by atoms with Gasteiger partial charge in [0.1, 0.15) is 0 Å². The van der Waals surface area contributed by atoms with E-state index in [0.717, 1.165) is 59.7 Å². The highest BCUT2D eigenvalue weighted by Gasteiger charge is 2.14. The number of rotatable bonds is 6. The highest BCUT2D eigenvalue weighted by molar-refractivity contribution is 7.11. The molecule has 1 aliphatic heterocycles. The summed E-state index contributed by atoms with van der Waals surface area (Å²) in [6, 6.07) is 5.99. The van der Waals surface area contributed by atoms with Gasteiger partial charge >= 0.3 is 0 Å². The van der Waals surface area contributed by atoms with E-state index < -0.39 is 0 Å². The van der Waals surface area contributed by atoms with Gasteiger partial charge in [0.25, 0.3) is 0 Å². The average molecular weight is 389 g/mol. The van der Waals surface area contributed by atoms with Crippen molar-refractivity contribution in [2.24, 2.45) is 4.99 Å². The Morgan fingerprint density at radius 2 is 2.07 bits per heavy atom. The molecule has 0 fully saturated rings. The lowest BCUT2D eigenvalue weighted by atomic mass is 10.2. The molecule has 0 saturated carbocycles. The Morgan fingerprint density at radius 1 is 1.22 bits per heavy atom. The van der Waals surface area contributed by atoms with E-state index in [0.29, 0.717) is 19.8 Å². The van der Waals surface area contributed by atoms with E-state index in [4.69, 9.17) is 14.5 Å². The lowest BCUT2D eigenvalue weighted by molar-refractivity contribution is 0.296. The minimum absolute atomic E-state index is 0.539. The molecular weight excluding hydrogens is 360 g/mol. The second-order valence-electron chi connectivity index (χ2n) is 6.42. The molecule has 0 spiro atoms. The van der Waals surface area contributed by atoms with Crippen molar-refractivity contribution in [2.75, 3.05) is 26.3 Å². The van der Waals surface area contributed by atoms with Crippen LogP contribution in [0.1, 0.15) is 34.5 Å². The number of benzene rings is 1. The summed E-state index contributed by atoms with van der Waals surface area (Å²) < 4.78 is 11.6. The molecule has 0 aliphatic carbocycles. The minimum atomic E-state index is 0.539. The predicted molar refractivity (Wildman–Crippen MR) is 110 cm³/mol. The normalized spacial score (nSPS) is 14.0. The van der Waals surface area contributed by atoms with Gasteiger partial charge in [0, 0.05) is 36.4 Å². The van der Waals surface area contributed by atoms with Crippen LogP contribution in [0.15, 0.2) is 23.2 Å². The van der Waals surface area contributed by atoms with Crippen molar-refractivity contribution in [3.8, 4) is 11.5 Å². The zero-order valence-electron chi connectivity index (χ0n) is 16.3. The fourth-order valence-electron chi connectivity index (χ4n) is 2.82. The van der Waals surface area contributed by atoms with Gasteiger partial charge in [-0.1, -0.05) is 12.1 Å². The van der Waals surface area contributed by atoms with Gasteiger partial charge in [0.05, 0.1) is 30.5 Å². The molecule has 0 amide bonds. The van der Waals surface area contributed by atoms with Crippen LogP contribution in [0, 0.1) is 13.8 Å². The number of para-hydroxylation sites is 1. The van der Waals surface area contributed by atoms with Crippen LogP contribution in [0.5, 0.6) is 11.5 Å². The zero-order valence-corrected chi connectivity index (χ0v) is 17.1. The second-order valence-corrected chi connectivity index (χ2v) is 7.70. The van der Waals surface area contributed by atoms with Crippen LogP contribution in [0.4, 0.5) is 0 Å². The van der Waals surface area contributed by atoms with Crippen molar-refractivity contribution in [3.63, 3.8) is 0 Å². The maximum Gasteiger partial charge on any atom is 0.191 e. The number of thiazole rings is 1. The van der Waals surface area contributed by atoms with Gasteiger partial charge < -0.3 is 20.1 Å². The van der Waals surface area contributed by atoms with Crippen molar-refractivity contribution in [1.82, 2.24) is 15.6 Å². The van der Waals surface area contributed by atoms with Crippen LogP contribution < -0.4 is 20.1 Å². The number of hydrogen-bond acceptors (Lipinski definition) is 5. The summed E-state index contributed by atoms with van der Waals surface area (Å²) in [5, 5.41) is 7.85. The molecule has 1 aromatic heterocycles. The third kappa shape index (κ3) is 5.35. The quantitative estimate of drug-likeness (QED) is 0.587. The smallest absolute Gasteiger partial charge is 0.191 e. The van der Waals surface area contributed by atoms with Crippen LogP contribution in [-0.4, -0.2) is 37.2 Å². The molecule has 3 rings (SSSR count). The summed E-state index contributed by atoms with van der Waals surface area (Å²) in [6.07, 6.45) is 1.79. The third-order valence-corrected chi connectivity index (χ3v) is 5.44. The Hall–Kier alpha value is -2.28. The fraction of sp³-hybridized carbons (Fsp3) is 0.500. The summed E-state index contributed by atoms with van der Waals surface area (Å²) in [6.45, 7) is 9.76. The summed E-state index contributed by atoms with van der Waals surface area (Å²) in [4.78, 5) is 10.6. The molecule has 0 atom stereocenters. The van der Waals surface area contributed by atoms with Crippen molar-refractivity contribution in [1.29, 1.82) is 0 Å². The Morgan fingerprint density at radius 3 is 2.85 bits per heavy atom. The Bertz CT molecular complexity index is 769. The Balaban J connectivity index is 1.62. The largest absolute Gasteiger partial charge is 0.490 e. The topological polar surface area (TPSA) is 67.8 Å². The molecule has 6 nitrogen and oxygen atoms in total. The van der Waals surface area contributed by atoms with Crippen LogP contribution >= 0.6 is 11.3 Å². The maximum absolute atomic E-state index is 5.88. The first kappa shape index (κ1) is 19.5. The average Bonchev–Trinajstić information content (AvgIpc) is 2.85.